The highest BCUT2D eigenvalue weighted by atomic mass is 16.4. The first-order valence-corrected chi connectivity index (χ1v) is 5.82. The number of carbonyl (C=O) groups is 1. The van der Waals surface area contributed by atoms with Crippen LogP contribution in [0.15, 0.2) is 47.1 Å². The molecule has 0 saturated carbocycles. The second-order valence-electron chi connectivity index (χ2n) is 4.59. The molecule has 0 spiro atoms. The molecule has 2 aromatic rings. The van der Waals surface area contributed by atoms with Crippen molar-refractivity contribution in [2.45, 2.75) is 18.8 Å². The standard InChI is InChI=1S/C15H13NO3/c1-15(14(17)18,9-13-6-3-7-19-13)12-5-2-4-11(8-12)10-16/h2-8H,9H2,1H3,(H,17,18). The quantitative estimate of drug-likeness (QED) is 0.911. The van der Waals surface area contributed by atoms with Gasteiger partial charge in [0.2, 0.25) is 0 Å². The summed E-state index contributed by atoms with van der Waals surface area (Å²) in [5.74, 6) is -0.341. The zero-order chi connectivity index (χ0) is 13.9. The van der Waals surface area contributed by atoms with Crippen molar-refractivity contribution in [3.8, 4) is 6.07 Å². The van der Waals surface area contributed by atoms with Crippen molar-refractivity contribution in [1.29, 1.82) is 5.26 Å². The van der Waals surface area contributed by atoms with Gasteiger partial charge in [-0.05, 0) is 36.8 Å². The molecule has 0 amide bonds. The van der Waals surface area contributed by atoms with Crippen molar-refractivity contribution in [3.05, 3.63) is 59.5 Å². The van der Waals surface area contributed by atoms with Crippen LogP contribution >= 0.6 is 0 Å². The van der Waals surface area contributed by atoms with Gasteiger partial charge in [0.15, 0.2) is 0 Å². The van der Waals surface area contributed by atoms with Crippen molar-refractivity contribution < 1.29 is 14.3 Å². The first-order valence-electron chi connectivity index (χ1n) is 5.82. The second-order valence-corrected chi connectivity index (χ2v) is 4.59. The Morgan fingerprint density at radius 1 is 1.42 bits per heavy atom. The molecule has 0 aliphatic carbocycles. The van der Waals surface area contributed by atoms with E-state index in [1.54, 1.807) is 43.3 Å². The molecule has 1 aromatic heterocycles. The Morgan fingerprint density at radius 2 is 2.21 bits per heavy atom. The number of furan rings is 1. The Balaban J connectivity index is 2.44. The summed E-state index contributed by atoms with van der Waals surface area (Å²) >= 11 is 0. The molecule has 1 unspecified atom stereocenters. The van der Waals surface area contributed by atoms with Crippen LogP contribution in [0.25, 0.3) is 0 Å². The van der Waals surface area contributed by atoms with Crippen LogP contribution in [-0.4, -0.2) is 11.1 Å². The summed E-state index contributed by atoms with van der Waals surface area (Å²) in [6, 6.07) is 12.2. The number of carboxylic acids is 1. The third kappa shape index (κ3) is 2.50. The number of rotatable bonds is 4. The summed E-state index contributed by atoms with van der Waals surface area (Å²) in [6.45, 7) is 1.63. The normalized spacial score (nSPS) is 13.5. The fourth-order valence-electron chi connectivity index (χ4n) is 1.99. The highest BCUT2D eigenvalue weighted by Gasteiger charge is 2.36. The van der Waals surface area contributed by atoms with E-state index in [-0.39, 0.29) is 6.42 Å². The number of benzene rings is 1. The average Bonchev–Trinajstić information content (AvgIpc) is 2.91. The molecule has 1 aromatic carbocycles. The maximum atomic E-state index is 11.6. The highest BCUT2D eigenvalue weighted by molar-refractivity contribution is 5.81. The maximum Gasteiger partial charge on any atom is 0.314 e. The number of carboxylic acid groups (broad SMARTS) is 1. The van der Waals surface area contributed by atoms with Gasteiger partial charge in [0.1, 0.15) is 5.76 Å². The molecule has 1 N–H and O–H groups in total. The molecule has 0 aliphatic rings. The Labute approximate surface area is 110 Å². The number of hydrogen-bond donors (Lipinski definition) is 1. The molecule has 19 heavy (non-hydrogen) atoms. The third-order valence-electron chi connectivity index (χ3n) is 3.21. The topological polar surface area (TPSA) is 74.2 Å². The van der Waals surface area contributed by atoms with Crippen molar-refractivity contribution in [3.63, 3.8) is 0 Å². The van der Waals surface area contributed by atoms with Crippen molar-refractivity contribution >= 4 is 5.97 Å². The highest BCUT2D eigenvalue weighted by Crippen LogP contribution is 2.29. The van der Waals surface area contributed by atoms with E-state index in [2.05, 4.69) is 0 Å². The predicted molar refractivity (Wildman–Crippen MR) is 68.6 cm³/mol. The minimum Gasteiger partial charge on any atom is -0.481 e. The Bertz CT molecular complexity index is 625. The number of nitriles is 1. The summed E-state index contributed by atoms with van der Waals surface area (Å²) in [4.78, 5) is 11.6. The fraction of sp³-hybridized carbons (Fsp3) is 0.200. The van der Waals surface area contributed by atoms with Gasteiger partial charge < -0.3 is 9.52 Å². The monoisotopic (exact) mass is 255 g/mol. The molecule has 0 aliphatic heterocycles. The second kappa shape index (κ2) is 4.99. The first kappa shape index (κ1) is 12.9. The molecule has 0 saturated heterocycles. The zero-order valence-electron chi connectivity index (χ0n) is 10.5. The predicted octanol–water partition coefficient (Wildman–Crippen LogP) is 2.74. The largest absolute Gasteiger partial charge is 0.481 e. The van der Waals surface area contributed by atoms with Crippen LogP contribution in [0.2, 0.25) is 0 Å². The molecular formula is C15H13NO3. The van der Waals surface area contributed by atoms with Gasteiger partial charge in [0, 0.05) is 6.42 Å². The van der Waals surface area contributed by atoms with E-state index < -0.39 is 11.4 Å². The van der Waals surface area contributed by atoms with Crippen LogP contribution in [0.1, 0.15) is 23.8 Å². The summed E-state index contributed by atoms with van der Waals surface area (Å²) in [6.07, 6.45) is 1.76. The van der Waals surface area contributed by atoms with E-state index in [4.69, 9.17) is 9.68 Å². The molecule has 2 rings (SSSR count). The van der Waals surface area contributed by atoms with Gasteiger partial charge in [-0.15, -0.1) is 0 Å². The van der Waals surface area contributed by atoms with E-state index in [0.717, 1.165) is 0 Å². The van der Waals surface area contributed by atoms with Crippen molar-refractivity contribution in [2.24, 2.45) is 0 Å². The van der Waals surface area contributed by atoms with Crippen molar-refractivity contribution in [2.75, 3.05) is 0 Å². The Kier molecular flexibility index (Phi) is 3.39. The molecular weight excluding hydrogens is 242 g/mol. The number of nitrogens with zero attached hydrogens (tertiary/aromatic N) is 1. The van der Waals surface area contributed by atoms with E-state index in [1.165, 1.54) is 6.26 Å². The van der Waals surface area contributed by atoms with Gasteiger partial charge in [-0.25, -0.2) is 0 Å². The lowest BCUT2D eigenvalue weighted by molar-refractivity contribution is -0.143. The van der Waals surface area contributed by atoms with Crippen LogP contribution < -0.4 is 0 Å². The van der Waals surface area contributed by atoms with Gasteiger partial charge >= 0.3 is 5.97 Å². The van der Waals surface area contributed by atoms with Gasteiger partial charge in [-0.3, -0.25) is 4.79 Å². The molecule has 0 radical (unpaired) electrons. The molecule has 0 bridgehead atoms. The average molecular weight is 255 g/mol. The van der Waals surface area contributed by atoms with Crippen LogP contribution in [0.3, 0.4) is 0 Å². The van der Waals surface area contributed by atoms with Gasteiger partial charge in [0.25, 0.3) is 0 Å². The SMILES string of the molecule is CC(Cc1ccco1)(C(=O)O)c1cccc(C#N)c1. The molecule has 1 heterocycles. The molecule has 0 fully saturated rings. The Morgan fingerprint density at radius 3 is 2.79 bits per heavy atom. The van der Waals surface area contributed by atoms with E-state index >= 15 is 0 Å². The van der Waals surface area contributed by atoms with E-state index in [9.17, 15) is 9.90 Å². The lowest BCUT2D eigenvalue weighted by Crippen LogP contribution is -2.34. The minimum atomic E-state index is -1.12. The first-order chi connectivity index (χ1) is 9.06. The van der Waals surface area contributed by atoms with E-state index in [1.807, 2.05) is 6.07 Å². The van der Waals surface area contributed by atoms with Gasteiger partial charge in [-0.2, -0.15) is 5.26 Å². The van der Waals surface area contributed by atoms with Crippen molar-refractivity contribution in [1.82, 2.24) is 0 Å². The number of aliphatic carboxylic acids is 1. The zero-order valence-corrected chi connectivity index (χ0v) is 10.5. The van der Waals surface area contributed by atoms with E-state index in [0.29, 0.717) is 16.9 Å². The van der Waals surface area contributed by atoms with Crippen LogP contribution in [0.4, 0.5) is 0 Å². The lowest BCUT2D eigenvalue weighted by atomic mass is 9.78. The summed E-state index contributed by atoms with van der Waals surface area (Å²) in [5, 5.41) is 18.4. The summed E-state index contributed by atoms with van der Waals surface area (Å²) in [7, 11) is 0. The molecule has 96 valence electrons. The van der Waals surface area contributed by atoms with Gasteiger partial charge in [0.05, 0.1) is 23.3 Å². The lowest BCUT2D eigenvalue weighted by Gasteiger charge is -2.24. The van der Waals surface area contributed by atoms with Crippen LogP contribution in [0, 0.1) is 11.3 Å². The number of hydrogen-bond acceptors (Lipinski definition) is 3. The third-order valence-corrected chi connectivity index (χ3v) is 3.21. The summed E-state index contributed by atoms with van der Waals surface area (Å²) in [5.41, 5.74) is -0.0788. The molecule has 4 heteroatoms. The summed E-state index contributed by atoms with van der Waals surface area (Å²) < 4.78 is 5.23. The Hall–Kier alpha value is -2.54. The van der Waals surface area contributed by atoms with Gasteiger partial charge in [-0.1, -0.05) is 12.1 Å². The fourth-order valence-corrected chi connectivity index (χ4v) is 1.99. The molecule has 1 atom stereocenters. The smallest absolute Gasteiger partial charge is 0.314 e. The minimum absolute atomic E-state index is 0.240. The molecule has 4 nitrogen and oxygen atoms in total. The maximum absolute atomic E-state index is 11.6. The van der Waals surface area contributed by atoms with Crippen LogP contribution in [0.5, 0.6) is 0 Å². The van der Waals surface area contributed by atoms with Crippen LogP contribution in [-0.2, 0) is 16.6 Å².